The van der Waals surface area contributed by atoms with Crippen molar-refractivity contribution in [2.75, 3.05) is 6.61 Å². The number of nitrogens with one attached hydrogen (secondary N) is 1. The Labute approximate surface area is 135 Å². The second-order valence-corrected chi connectivity index (χ2v) is 6.31. The smallest absolute Gasteiger partial charge is 0.330 e. The second kappa shape index (κ2) is 6.71. The highest BCUT2D eigenvalue weighted by molar-refractivity contribution is 7.99. The summed E-state index contributed by atoms with van der Waals surface area (Å²) in [5, 5.41) is 18.9. The minimum absolute atomic E-state index is 0.173. The summed E-state index contributed by atoms with van der Waals surface area (Å²) in [5.74, 6) is 0. The van der Waals surface area contributed by atoms with Crippen molar-refractivity contribution in [3.8, 4) is 0 Å². The zero-order valence-corrected chi connectivity index (χ0v) is 12.9. The van der Waals surface area contributed by atoms with Crippen molar-refractivity contribution in [3.05, 3.63) is 57.4 Å². The number of aliphatic hydroxyl groups excluding tert-OH is 2. The molecule has 1 aliphatic rings. The molecule has 8 heteroatoms. The van der Waals surface area contributed by atoms with E-state index in [-0.39, 0.29) is 13.0 Å². The van der Waals surface area contributed by atoms with Gasteiger partial charge < -0.3 is 14.9 Å². The first-order chi connectivity index (χ1) is 11.1. The maximum absolute atomic E-state index is 12.0. The van der Waals surface area contributed by atoms with E-state index in [1.165, 1.54) is 22.5 Å². The number of aromatic amines is 1. The summed E-state index contributed by atoms with van der Waals surface area (Å²) in [5.41, 5.74) is -1.08. The van der Waals surface area contributed by atoms with E-state index in [9.17, 15) is 14.7 Å². The average Bonchev–Trinajstić information content (AvgIpc) is 2.91. The molecular weight excluding hydrogens is 320 g/mol. The molecule has 0 aliphatic carbocycles. The standard InChI is InChI=1S/C15H16N2O5S/c18-8-11-10(19)6-13(22-11)17-7-12(14(20)16-15(17)21)23-9-4-2-1-3-5-9/h1-5,7,10-11,13,18-19H,6,8H2,(H,16,20,21)/t10?,11-,13-/m0/s1. The molecule has 1 aliphatic heterocycles. The van der Waals surface area contributed by atoms with Crippen LogP contribution in [0.4, 0.5) is 0 Å². The Bertz CT molecular complexity index is 788. The van der Waals surface area contributed by atoms with Gasteiger partial charge in [-0.3, -0.25) is 14.3 Å². The summed E-state index contributed by atoms with van der Waals surface area (Å²) < 4.78 is 6.71. The number of aromatic nitrogens is 2. The molecule has 3 atom stereocenters. The Morgan fingerprint density at radius 3 is 2.70 bits per heavy atom. The number of rotatable bonds is 4. The van der Waals surface area contributed by atoms with Gasteiger partial charge in [0.05, 0.1) is 17.6 Å². The lowest BCUT2D eigenvalue weighted by Crippen LogP contribution is -2.33. The molecule has 1 fully saturated rings. The Morgan fingerprint density at radius 1 is 1.30 bits per heavy atom. The summed E-state index contributed by atoms with van der Waals surface area (Å²) in [4.78, 5) is 27.5. The summed E-state index contributed by atoms with van der Waals surface area (Å²) in [6, 6.07) is 9.30. The van der Waals surface area contributed by atoms with Crippen LogP contribution >= 0.6 is 11.8 Å². The first kappa shape index (κ1) is 16.0. The third kappa shape index (κ3) is 3.40. The molecule has 23 heavy (non-hydrogen) atoms. The van der Waals surface area contributed by atoms with Crippen LogP contribution in [0.3, 0.4) is 0 Å². The Balaban J connectivity index is 1.92. The number of aliphatic hydroxyl groups is 2. The van der Waals surface area contributed by atoms with E-state index in [1.807, 2.05) is 30.3 Å². The van der Waals surface area contributed by atoms with Gasteiger partial charge in [0.15, 0.2) is 0 Å². The van der Waals surface area contributed by atoms with Crippen LogP contribution in [0.2, 0.25) is 0 Å². The number of benzene rings is 1. The quantitative estimate of drug-likeness (QED) is 0.743. The fourth-order valence-corrected chi connectivity index (χ4v) is 3.28. The Kier molecular flexibility index (Phi) is 4.67. The van der Waals surface area contributed by atoms with Crippen LogP contribution < -0.4 is 11.2 Å². The molecule has 1 unspecified atom stereocenters. The van der Waals surface area contributed by atoms with Gasteiger partial charge in [-0.2, -0.15) is 0 Å². The minimum Gasteiger partial charge on any atom is -0.394 e. The van der Waals surface area contributed by atoms with Gasteiger partial charge in [-0.05, 0) is 12.1 Å². The number of H-pyrrole nitrogens is 1. The summed E-state index contributed by atoms with van der Waals surface area (Å²) >= 11 is 1.23. The SMILES string of the molecule is O=c1[nH]c(=O)n([C@@H]2CC(O)[C@H](CO)O2)cc1Sc1ccccc1. The molecule has 0 saturated carbocycles. The second-order valence-electron chi connectivity index (χ2n) is 5.19. The van der Waals surface area contributed by atoms with E-state index >= 15 is 0 Å². The highest BCUT2D eigenvalue weighted by Gasteiger charge is 2.35. The lowest BCUT2D eigenvalue weighted by Gasteiger charge is -2.15. The molecule has 122 valence electrons. The molecule has 0 spiro atoms. The van der Waals surface area contributed by atoms with Gasteiger partial charge >= 0.3 is 5.69 Å². The highest BCUT2D eigenvalue weighted by atomic mass is 32.2. The van der Waals surface area contributed by atoms with Crippen LogP contribution in [-0.2, 0) is 4.74 Å². The molecule has 0 bridgehead atoms. The van der Waals surface area contributed by atoms with Gasteiger partial charge in [-0.1, -0.05) is 30.0 Å². The molecule has 0 amide bonds. The third-order valence-corrected chi connectivity index (χ3v) is 4.62. The predicted molar refractivity (Wildman–Crippen MR) is 83.5 cm³/mol. The van der Waals surface area contributed by atoms with Crippen LogP contribution in [0.1, 0.15) is 12.6 Å². The maximum atomic E-state index is 12.0. The molecule has 2 heterocycles. The van der Waals surface area contributed by atoms with E-state index in [2.05, 4.69) is 4.98 Å². The van der Waals surface area contributed by atoms with Crippen molar-refractivity contribution in [1.82, 2.24) is 9.55 Å². The lowest BCUT2D eigenvalue weighted by molar-refractivity contribution is -0.0461. The average molecular weight is 336 g/mol. The van der Waals surface area contributed by atoms with Crippen LogP contribution in [0.5, 0.6) is 0 Å². The molecule has 1 aromatic heterocycles. The topological polar surface area (TPSA) is 105 Å². The third-order valence-electron chi connectivity index (χ3n) is 3.60. The van der Waals surface area contributed by atoms with Crippen molar-refractivity contribution in [2.45, 2.75) is 34.6 Å². The molecular formula is C15H16N2O5S. The number of hydrogen-bond donors (Lipinski definition) is 3. The van der Waals surface area contributed by atoms with Crippen molar-refractivity contribution >= 4 is 11.8 Å². The van der Waals surface area contributed by atoms with Gasteiger partial charge in [0.2, 0.25) is 0 Å². The van der Waals surface area contributed by atoms with E-state index in [4.69, 9.17) is 9.84 Å². The van der Waals surface area contributed by atoms with Gasteiger partial charge in [-0.15, -0.1) is 0 Å². The van der Waals surface area contributed by atoms with E-state index in [0.717, 1.165) is 4.90 Å². The van der Waals surface area contributed by atoms with Crippen LogP contribution in [-0.4, -0.2) is 38.6 Å². The van der Waals surface area contributed by atoms with E-state index < -0.39 is 29.7 Å². The molecule has 3 N–H and O–H groups in total. The molecule has 7 nitrogen and oxygen atoms in total. The van der Waals surface area contributed by atoms with Gasteiger partial charge in [0, 0.05) is 17.5 Å². The molecule has 1 saturated heterocycles. The Morgan fingerprint density at radius 2 is 2.04 bits per heavy atom. The lowest BCUT2D eigenvalue weighted by atomic mass is 10.2. The fourth-order valence-electron chi connectivity index (χ4n) is 2.42. The molecule has 0 radical (unpaired) electrons. The van der Waals surface area contributed by atoms with Gasteiger partial charge in [-0.25, -0.2) is 4.79 Å². The zero-order valence-electron chi connectivity index (χ0n) is 12.1. The van der Waals surface area contributed by atoms with Crippen molar-refractivity contribution in [1.29, 1.82) is 0 Å². The van der Waals surface area contributed by atoms with Crippen LogP contribution in [0, 0.1) is 0 Å². The molecule has 3 rings (SSSR count). The Hall–Kier alpha value is -1.87. The van der Waals surface area contributed by atoms with Crippen molar-refractivity contribution in [3.63, 3.8) is 0 Å². The first-order valence-corrected chi connectivity index (χ1v) is 7.93. The van der Waals surface area contributed by atoms with Crippen molar-refractivity contribution in [2.24, 2.45) is 0 Å². The van der Waals surface area contributed by atoms with E-state index in [0.29, 0.717) is 4.90 Å². The van der Waals surface area contributed by atoms with Crippen LogP contribution in [0.15, 0.2) is 55.9 Å². The van der Waals surface area contributed by atoms with Crippen molar-refractivity contribution < 1.29 is 14.9 Å². The largest absolute Gasteiger partial charge is 0.394 e. The molecule has 1 aromatic carbocycles. The highest BCUT2D eigenvalue weighted by Crippen LogP contribution is 2.29. The number of hydrogen-bond acceptors (Lipinski definition) is 6. The predicted octanol–water partition coefficient (Wildman–Crippen LogP) is 0.328. The number of ether oxygens (including phenoxy) is 1. The van der Waals surface area contributed by atoms with Crippen LogP contribution in [0.25, 0.3) is 0 Å². The monoisotopic (exact) mass is 336 g/mol. The zero-order chi connectivity index (χ0) is 16.4. The van der Waals surface area contributed by atoms with Gasteiger partial charge in [0.25, 0.3) is 5.56 Å². The summed E-state index contributed by atoms with van der Waals surface area (Å²) in [7, 11) is 0. The minimum atomic E-state index is -0.853. The van der Waals surface area contributed by atoms with Gasteiger partial charge in [0.1, 0.15) is 12.3 Å². The molecule has 2 aromatic rings. The summed E-state index contributed by atoms with van der Waals surface area (Å²) in [6.07, 6.45) is -0.706. The normalized spacial score (nSPS) is 24.0. The number of nitrogens with zero attached hydrogens (tertiary/aromatic N) is 1. The summed E-state index contributed by atoms with van der Waals surface area (Å²) in [6.45, 7) is -0.332. The fraction of sp³-hybridized carbons (Fsp3) is 0.333. The maximum Gasteiger partial charge on any atom is 0.330 e. The first-order valence-electron chi connectivity index (χ1n) is 7.11. The van der Waals surface area contributed by atoms with E-state index in [1.54, 1.807) is 0 Å².